The van der Waals surface area contributed by atoms with E-state index in [1.165, 1.54) is 25.7 Å². The Hall–Kier alpha value is -1.22. The van der Waals surface area contributed by atoms with Gasteiger partial charge in [0.25, 0.3) is 0 Å². The summed E-state index contributed by atoms with van der Waals surface area (Å²) in [6, 6.07) is 6.28. The maximum Gasteiger partial charge on any atom is 0.124 e. The highest BCUT2D eigenvalue weighted by atomic mass is 16.5. The van der Waals surface area contributed by atoms with Crippen LogP contribution in [0.2, 0.25) is 0 Å². The lowest BCUT2D eigenvalue weighted by atomic mass is 10.1. The molecule has 94 valence electrons. The number of hydrogen-bond acceptors (Lipinski definition) is 3. The summed E-state index contributed by atoms with van der Waals surface area (Å²) >= 11 is 0. The molecule has 3 nitrogen and oxygen atoms in total. The van der Waals surface area contributed by atoms with Crippen molar-refractivity contribution >= 4 is 0 Å². The highest BCUT2D eigenvalue weighted by Crippen LogP contribution is 2.30. The number of nitrogens with one attached hydrogen (secondary N) is 1. The molecule has 1 aliphatic carbocycles. The summed E-state index contributed by atoms with van der Waals surface area (Å²) in [5.41, 5.74) is 0.942. The molecule has 1 unspecified atom stereocenters. The molecule has 0 amide bonds. The molecule has 0 spiro atoms. The van der Waals surface area contributed by atoms with Crippen LogP contribution in [0.4, 0.5) is 0 Å². The number of rotatable bonds is 4. The van der Waals surface area contributed by atoms with Crippen molar-refractivity contribution in [3.8, 4) is 11.5 Å². The zero-order chi connectivity index (χ0) is 12.3. The molecule has 1 aliphatic rings. The maximum absolute atomic E-state index is 9.95. The Bertz CT molecular complexity index is 372. The minimum absolute atomic E-state index is 0.184. The maximum atomic E-state index is 9.95. The first kappa shape index (κ1) is 12.2. The highest BCUT2D eigenvalue weighted by Gasteiger charge is 2.19. The fourth-order valence-corrected chi connectivity index (χ4v) is 2.55. The molecule has 1 saturated carbocycles. The summed E-state index contributed by atoms with van der Waals surface area (Å²) in [5.74, 6) is 1.00. The van der Waals surface area contributed by atoms with E-state index in [1.54, 1.807) is 13.2 Å². The van der Waals surface area contributed by atoms with Gasteiger partial charge in [-0.1, -0.05) is 18.9 Å². The highest BCUT2D eigenvalue weighted by molar-refractivity contribution is 5.41. The molecule has 0 radical (unpaired) electrons. The van der Waals surface area contributed by atoms with Crippen molar-refractivity contribution < 1.29 is 9.84 Å². The minimum Gasteiger partial charge on any atom is -0.507 e. The topological polar surface area (TPSA) is 41.5 Å². The fraction of sp³-hybridized carbons (Fsp3) is 0.571. The lowest BCUT2D eigenvalue weighted by Crippen LogP contribution is -2.28. The number of phenolic OH excluding ortho intramolecular Hbond substituents is 1. The van der Waals surface area contributed by atoms with E-state index >= 15 is 0 Å². The Morgan fingerprint density at radius 1 is 1.35 bits per heavy atom. The lowest BCUT2D eigenvalue weighted by Gasteiger charge is -2.20. The van der Waals surface area contributed by atoms with Crippen LogP contribution in [0.3, 0.4) is 0 Å². The third kappa shape index (κ3) is 2.91. The second kappa shape index (κ2) is 5.41. The number of aromatic hydroxyl groups is 1. The Kier molecular flexibility index (Phi) is 3.89. The van der Waals surface area contributed by atoms with Crippen molar-refractivity contribution in [2.45, 2.75) is 44.7 Å². The van der Waals surface area contributed by atoms with Crippen LogP contribution < -0.4 is 10.1 Å². The molecule has 0 aliphatic heterocycles. The molecule has 0 saturated heterocycles. The summed E-state index contributed by atoms with van der Waals surface area (Å²) in [6.45, 7) is 2.10. The first-order chi connectivity index (χ1) is 8.20. The standard InChI is InChI=1S/C14H21NO2/c1-10(15-11-5-3-4-6-11)13-8-7-12(17-2)9-14(13)16/h7-11,15-16H,3-6H2,1-2H3. The Labute approximate surface area is 103 Å². The molecule has 0 aromatic heterocycles. The monoisotopic (exact) mass is 235 g/mol. The van der Waals surface area contributed by atoms with E-state index in [0.29, 0.717) is 17.5 Å². The van der Waals surface area contributed by atoms with E-state index in [4.69, 9.17) is 4.74 Å². The van der Waals surface area contributed by atoms with E-state index in [1.807, 2.05) is 12.1 Å². The van der Waals surface area contributed by atoms with E-state index in [2.05, 4.69) is 12.2 Å². The molecule has 1 aromatic carbocycles. The molecule has 1 aromatic rings. The van der Waals surface area contributed by atoms with Gasteiger partial charge in [-0.2, -0.15) is 0 Å². The van der Waals surface area contributed by atoms with Gasteiger partial charge >= 0.3 is 0 Å². The quantitative estimate of drug-likeness (QED) is 0.843. The molecular formula is C14H21NO2. The summed E-state index contributed by atoms with van der Waals surface area (Å²) in [6.07, 6.45) is 5.14. The molecule has 1 atom stereocenters. The van der Waals surface area contributed by atoms with Gasteiger partial charge < -0.3 is 15.2 Å². The van der Waals surface area contributed by atoms with Crippen LogP contribution in [0.25, 0.3) is 0 Å². The third-order valence-electron chi connectivity index (χ3n) is 3.54. The summed E-state index contributed by atoms with van der Waals surface area (Å²) < 4.78 is 5.08. The van der Waals surface area contributed by atoms with Crippen LogP contribution in [-0.4, -0.2) is 18.3 Å². The van der Waals surface area contributed by atoms with E-state index in [-0.39, 0.29) is 6.04 Å². The van der Waals surface area contributed by atoms with Crippen LogP contribution in [0.5, 0.6) is 11.5 Å². The van der Waals surface area contributed by atoms with Gasteiger partial charge in [0, 0.05) is 23.7 Å². The van der Waals surface area contributed by atoms with Crippen molar-refractivity contribution in [2.24, 2.45) is 0 Å². The predicted molar refractivity (Wildman–Crippen MR) is 68.5 cm³/mol. The average Bonchev–Trinajstić information content (AvgIpc) is 2.81. The van der Waals surface area contributed by atoms with Gasteiger partial charge in [-0.05, 0) is 25.8 Å². The smallest absolute Gasteiger partial charge is 0.124 e. The number of hydrogen-bond donors (Lipinski definition) is 2. The SMILES string of the molecule is COc1ccc(C(C)NC2CCCC2)c(O)c1. The minimum atomic E-state index is 0.184. The van der Waals surface area contributed by atoms with Crippen LogP contribution in [0, 0.1) is 0 Å². The van der Waals surface area contributed by atoms with Gasteiger partial charge in [0.2, 0.25) is 0 Å². The largest absolute Gasteiger partial charge is 0.507 e. The third-order valence-corrected chi connectivity index (χ3v) is 3.54. The zero-order valence-electron chi connectivity index (χ0n) is 10.6. The Balaban J connectivity index is 2.04. The average molecular weight is 235 g/mol. The van der Waals surface area contributed by atoms with Crippen molar-refractivity contribution in [1.29, 1.82) is 0 Å². The number of methoxy groups -OCH3 is 1. The van der Waals surface area contributed by atoms with Crippen molar-refractivity contribution in [2.75, 3.05) is 7.11 Å². The van der Waals surface area contributed by atoms with Crippen molar-refractivity contribution in [1.82, 2.24) is 5.32 Å². The van der Waals surface area contributed by atoms with Crippen molar-refractivity contribution in [3.05, 3.63) is 23.8 Å². The predicted octanol–water partition coefficient (Wildman–Crippen LogP) is 2.99. The number of ether oxygens (including phenoxy) is 1. The summed E-state index contributed by atoms with van der Waals surface area (Å²) in [5, 5.41) is 13.5. The van der Waals surface area contributed by atoms with E-state index in [9.17, 15) is 5.11 Å². The van der Waals surface area contributed by atoms with Gasteiger partial charge in [0.05, 0.1) is 7.11 Å². The summed E-state index contributed by atoms with van der Waals surface area (Å²) in [4.78, 5) is 0. The molecule has 2 rings (SSSR count). The molecule has 17 heavy (non-hydrogen) atoms. The Morgan fingerprint density at radius 3 is 2.65 bits per heavy atom. The molecule has 1 fully saturated rings. The molecular weight excluding hydrogens is 214 g/mol. The van der Waals surface area contributed by atoms with Gasteiger partial charge in [0.1, 0.15) is 11.5 Å². The van der Waals surface area contributed by atoms with Crippen LogP contribution in [-0.2, 0) is 0 Å². The second-order valence-corrected chi connectivity index (χ2v) is 4.79. The molecule has 3 heteroatoms. The van der Waals surface area contributed by atoms with E-state index in [0.717, 1.165) is 5.56 Å². The van der Waals surface area contributed by atoms with Crippen LogP contribution in [0.15, 0.2) is 18.2 Å². The fourth-order valence-electron chi connectivity index (χ4n) is 2.55. The van der Waals surface area contributed by atoms with Gasteiger partial charge in [-0.15, -0.1) is 0 Å². The van der Waals surface area contributed by atoms with Gasteiger partial charge in [-0.25, -0.2) is 0 Å². The van der Waals surface area contributed by atoms with E-state index < -0.39 is 0 Å². The van der Waals surface area contributed by atoms with Gasteiger partial charge in [0.15, 0.2) is 0 Å². The second-order valence-electron chi connectivity index (χ2n) is 4.79. The van der Waals surface area contributed by atoms with Crippen LogP contribution in [0.1, 0.15) is 44.2 Å². The first-order valence-corrected chi connectivity index (χ1v) is 6.33. The van der Waals surface area contributed by atoms with Gasteiger partial charge in [-0.3, -0.25) is 0 Å². The first-order valence-electron chi connectivity index (χ1n) is 6.33. The Morgan fingerprint density at radius 2 is 2.06 bits per heavy atom. The van der Waals surface area contributed by atoms with Crippen molar-refractivity contribution in [3.63, 3.8) is 0 Å². The zero-order valence-corrected chi connectivity index (χ0v) is 10.6. The lowest BCUT2D eigenvalue weighted by molar-refractivity contribution is 0.400. The normalized spacial score (nSPS) is 18.2. The molecule has 0 heterocycles. The molecule has 0 bridgehead atoms. The number of benzene rings is 1. The summed E-state index contributed by atoms with van der Waals surface area (Å²) in [7, 11) is 1.61. The van der Waals surface area contributed by atoms with Crippen LogP contribution >= 0.6 is 0 Å². The molecule has 2 N–H and O–H groups in total. The number of phenols is 1.